The molecule has 6 heteroatoms. The van der Waals surface area contributed by atoms with Gasteiger partial charge in [0.25, 0.3) is 0 Å². The van der Waals surface area contributed by atoms with Crippen LogP contribution < -0.4 is 0 Å². The molecule has 2 heterocycles. The van der Waals surface area contributed by atoms with E-state index in [1.165, 1.54) is 12.1 Å². The number of carbonyl (C=O) groups is 1. The van der Waals surface area contributed by atoms with Crippen molar-refractivity contribution in [2.45, 2.75) is 6.42 Å². The average molecular weight is 233 g/mol. The van der Waals surface area contributed by atoms with Crippen LogP contribution in [0.2, 0.25) is 0 Å². The Morgan fingerprint density at radius 2 is 2.35 bits per heavy atom. The topological polar surface area (TPSA) is 70.4 Å². The molecular weight excluding hydrogens is 225 g/mol. The highest BCUT2D eigenvalue weighted by Crippen LogP contribution is 2.18. The van der Waals surface area contributed by atoms with Crippen LogP contribution in [0, 0.1) is 5.82 Å². The van der Waals surface area contributed by atoms with E-state index in [-0.39, 0.29) is 12.2 Å². The highest BCUT2D eigenvalue weighted by Gasteiger charge is 2.10. The molecule has 0 aliphatic rings. The molecule has 0 aliphatic heterocycles. The zero-order chi connectivity index (χ0) is 12.0. The maximum Gasteiger partial charge on any atom is 0.309 e. The molecule has 0 atom stereocenters. The van der Waals surface area contributed by atoms with E-state index < -0.39 is 5.97 Å². The molecule has 5 nitrogen and oxygen atoms in total. The van der Waals surface area contributed by atoms with Crippen LogP contribution in [0.4, 0.5) is 4.39 Å². The third-order valence-electron chi connectivity index (χ3n) is 2.55. The van der Waals surface area contributed by atoms with Gasteiger partial charge in [-0.2, -0.15) is 0 Å². The number of carboxylic acid groups (broad SMARTS) is 1. The van der Waals surface area contributed by atoms with Crippen molar-refractivity contribution < 1.29 is 14.3 Å². The van der Waals surface area contributed by atoms with Gasteiger partial charge in [-0.15, -0.1) is 0 Å². The second kappa shape index (κ2) is 3.31. The molecule has 3 rings (SSSR count). The molecule has 0 radical (unpaired) electrons. The fraction of sp³-hybridized carbons (Fsp3) is 0.0909. The van der Waals surface area contributed by atoms with E-state index in [9.17, 15) is 9.18 Å². The third kappa shape index (κ3) is 1.54. The van der Waals surface area contributed by atoms with E-state index in [0.29, 0.717) is 22.5 Å². The van der Waals surface area contributed by atoms with Gasteiger partial charge in [0.2, 0.25) is 5.78 Å². The summed E-state index contributed by atoms with van der Waals surface area (Å²) in [5.74, 6) is -0.757. The molecule has 86 valence electrons. The summed E-state index contributed by atoms with van der Waals surface area (Å²) in [5.41, 5.74) is 1.82. The average Bonchev–Trinajstić information content (AvgIpc) is 2.74. The predicted octanol–water partition coefficient (Wildman–Crippen LogP) is 1.58. The standard InChI is InChI=1S/C11H8FN3O2/c12-6-1-2-8-9(3-6)15-5-7(4-10(16)17)13-11(15)14-8/h1-3,5H,4H2,(H,13,14)(H,16,17). The first-order valence-corrected chi connectivity index (χ1v) is 5.00. The molecule has 2 aromatic heterocycles. The number of aromatic nitrogens is 3. The first-order valence-electron chi connectivity index (χ1n) is 5.00. The van der Waals surface area contributed by atoms with Gasteiger partial charge in [0.15, 0.2) is 0 Å². The van der Waals surface area contributed by atoms with Crippen LogP contribution in [0.1, 0.15) is 5.69 Å². The Morgan fingerprint density at radius 3 is 3.12 bits per heavy atom. The third-order valence-corrected chi connectivity index (χ3v) is 2.55. The lowest BCUT2D eigenvalue weighted by molar-refractivity contribution is -0.136. The highest BCUT2D eigenvalue weighted by atomic mass is 19.1. The molecule has 2 N–H and O–H groups in total. The summed E-state index contributed by atoms with van der Waals surface area (Å²) in [6.45, 7) is 0. The van der Waals surface area contributed by atoms with E-state index in [1.54, 1.807) is 16.7 Å². The Hall–Kier alpha value is -2.37. The summed E-state index contributed by atoms with van der Waals surface area (Å²) >= 11 is 0. The first-order chi connectivity index (χ1) is 8.13. The maximum atomic E-state index is 13.1. The monoisotopic (exact) mass is 233 g/mol. The summed E-state index contributed by atoms with van der Waals surface area (Å²) in [6.07, 6.45) is 1.51. The smallest absolute Gasteiger partial charge is 0.309 e. The van der Waals surface area contributed by atoms with E-state index in [1.807, 2.05) is 0 Å². The van der Waals surface area contributed by atoms with Crippen LogP contribution in [-0.2, 0) is 11.2 Å². The number of aromatic amines is 1. The highest BCUT2D eigenvalue weighted by molar-refractivity contribution is 5.80. The van der Waals surface area contributed by atoms with Gasteiger partial charge in [0.1, 0.15) is 5.82 Å². The van der Waals surface area contributed by atoms with Gasteiger partial charge in [-0.25, -0.2) is 9.37 Å². The van der Waals surface area contributed by atoms with Gasteiger partial charge in [-0.3, -0.25) is 9.20 Å². The predicted molar refractivity (Wildman–Crippen MR) is 58.3 cm³/mol. The van der Waals surface area contributed by atoms with Gasteiger partial charge < -0.3 is 10.1 Å². The lowest BCUT2D eigenvalue weighted by Gasteiger charge is -1.91. The minimum atomic E-state index is -0.926. The second-order valence-corrected chi connectivity index (χ2v) is 3.79. The fourth-order valence-corrected chi connectivity index (χ4v) is 1.87. The largest absolute Gasteiger partial charge is 0.481 e. The second-order valence-electron chi connectivity index (χ2n) is 3.79. The maximum absolute atomic E-state index is 13.1. The number of nitrogens with zero attached hydrogens (tertiary/aromatic N) is 2. The molecule has 0 saturated heterocycles. The minimum absolute atomic E-state index is 0.111. The summed E-state index contributed by atoms with van der Waals surface area (Å²) < 4.78 is 14.8. The minimum Gasteiger partial charge on any atom is -0.481 e. The van der Waals surface area contributed by atoms with E-state index in [4.69, 9.17) is 5.11 Å². The number of rotatable bonds is 2. The number of aliphatic carboxylic acids is 1. The van der Waals surface area contributed by atoms with Crippen molar-refractivity contribution >= 4 is 22.8 Å². The van der Waals surface area contributed by atoms with Crippen molar-refractivity contribution in [2.24, 2.45) is 0 Å². The van der Waals surface area contributed by atoms with Crippen molar-refractivity contribution in [3.05, 3.63) is 35.9 Å². The van der Waals surface area contributed by atoms with Crippen LogP contribution in [0.25, 0.3) is 16.8 Å². The van der Waals surface area contributed by atoms with E-state index in [0.717, 1.165) is 0 Å². The van der Waals surface area contributed by atoms with Crippen LogP contribution in [0.15, 0.2) is 24.4 Å². The van der Waals surface area contributed by atoms with Crippen molar-refractivity contribution in [1.82, 2.24) is 14.4 Å². The SMILES string of the molecule is O=C(O)Cc1cn2c(nc3ccc(F)cc32)[nH]1. The van der Waals surface area contributed by atoms with Crippen molar-refractivity contribution in [3.8, 4) is 0 Å². The summed E-state index contributed by atoms with van der Waals surface area (Å²) in [7, 11) is 0. The fourth-order valence-electron chi connectivity index (χ4n) is 1.87. The van der Waals surface area contributed by atoms with Gasteiger partial charge >= 0.3 is 5.97 Å². The quantitative estimate of drug-likeness (QED) is 0.706. The number of nitrogens with one attached hydrogen (secondary N) is 1. The van der Waals surface area contributed by atoms with Gasteiger partial charge in [-0.1, -0.05) is 0 Å². The molecule has 0 unspecified atom stereocenters. The summed E-state index contributed by atoms with van der Waals surface area (Å²) in [4.78, 5) is 17.7. The number of imidazole rings is 2. The molecular formula is C11H8FN3O2. The van der Waals surface area contributed by atoms with Crippen LogP contribution in [0.3, 0.4) is 0 Å². The van der Waals surface area contributed by atoms with E-state index in [2.05, 4.69) is 9.97 Å². The number of hydrogen-bond acceptors (Lipinski definition) is 2. The summed E-state index contributed by atoms with van der Waals surface area (Å²) in [5, 5.41) is 8.68. The van der Waals surface area contributed by atoms with Crippen molar-refractivity contribution in [3.63, 3.8) is 0 Å². The molecule has 0 bridgehead atoms. The van der Waals surface area contributed by atoms with Gasteiger partial charge in [-0.05, 0) is 12.1 Å². The van der Waals surface area contributed by atoms with E-state index >= 15 is 0 Å². The lowest BCUT2D eigenvalue weighted by Crippen LogP contribution is -1.99. The number of benzene rings is 1. The van der Waals surface area contributed by atoms with Crippen LogP contribution >= 0.6 is 0 Å². The normalized spacial score (nSPS) is 11.4. The number of H-pyrrole nitrogens is 1. The Labute approximate surface area is 94.5 Å². The number of fused-ring (bicyclic) bond motifs is 3. The molecule has 0 fully saturated rings. The Morgan fingerprint density at radius 1 is 1.53 bits per heavy atom. The van der Waals surface area contributed by atoms with Crippen molar-refractivity contribution in [2.75, 3.05) is 0 Å². The Balaban J connectivity index is 2.23. The molecule has 17 heavy (non-hydrogen) atoms. The Bertz CT molecular complexity index is 729. The zero-order valence-electron chi connectivity index (χ0n) is 8.64. The zero-order valence-corrected chi connectivity index (χ0v) is 8.64. The van der Waals surface area contributed by atoms with Gasteiger partial charge in [0, 0.05) is 18.0 Å². The first kappa shape index (κ1) is 9.83. The van der Waals surface area contributed by atoms with Crippen molar-refractivity contribution in [1.29, 1.82) is 0 Å². The molecule has 0 amide bonds. The number of carboxylic acids is 1. The lowest BCUT2D eigenvalue weighted by atomic mass is 10.3. The summed E-state index contributed by atoms with van der Waals surface area (Å²) in [6, 6.07) is 4.29. The molecule has 3 aromatic rings. The van der Waals surface area contributed by atoms with Gasteiger partial charge in [0.05, 0.1) is 17.5 Å². The molecule has 1 aromatic carbocycles. The van der Waals surface area contributed by atoms with Crippen LogP contribution in [0.5, 0.6) is 0 Å². The number of halogens is 1. The molecule has 0 saturated carbocycles. The number of hydrogen-bond donors (Lipinski definition) is 2. The Kier molecular flexibility index (Phi) is 1.91. The molecule has 0 aliphatic carbocycles. The van der Waals surface area contributed by atoms with Crippen LogP contribution in [-0.4, -0.2) is 25.4 Å². The molecule has 0 spiro atoms.